The van der Waals surface area contributed by atoms with E-state index in [0.29, 0.717) is 0 Å². The van der Waals surface area contributed by atoms with Gasteiger partial charge in [-0.3, -0.25) is 0 Å². The molecule has 0 spiro atoms. The molecule has 0 saturated carbocycles. The summed E-state index contributed by atoms with van der Waals surface area (Å²) in [6, 6.07) is 2.20. The van der Waals surface area contributed by atoms with E-state index in [0.717, 1.165) is 6.07 Å². The largest absolute Gasteiger partial charge is 0.494 e. The predicted molar refractivity (Wildman–Crippen MR) is 84.5 cm³/mol. The van der Waals surface area contributed by atoms with Crippen LogP contribution in [-0.4, -0.2) is 41.5 Å². The number of rotatable bonds is 5. The van der Waals surface area contributed by atoms with Gasteiger partial charge in [0.05, 0.1) is 23.9 Å². The predicted octanol–water partition coefficient (Wildman–Crippen LogP) is 1.63. The number of halogens is 2. The van der Waals surface area contributed by atoms with Crippen LogP contribution in [0.15, 0.2) is 16.6 Å². The number of methoxy groups -OCH3 is 1. The number of carbonyl (C=O) groups is 1. The van der Waals surface area contributed by atoms with Crippen LogP contribution in [-0.2, 0) is 9.39 Å². The minimum absolute atomic E-state index is 0.00213. The van der Waals surface area contributed by atoms with Gasteiger partial charge in [0.2, 0.25) is 0 Å². The first kappa shape index (κ1) is 19.1. The van der Waals surface area contributed by atoms with Gasteiger partial charge in [-0.15, -0.1) is 0 Å². The standard InChI is InChI=1S/C14H19BBrFO5/c1-13(2,19)14(3,4)22-15(20)9-7-10(16)8(6-11(9)17)12(18)21-5/h6-7,19-20H,1-5H3. The molecule has 8 heteroatoms. The van der Waals surface area contributed by atoms with Crippen LogP contribution in [0.2, 0.25) is 0 Å². The van der Waals surface area contributed by atoms with Gasteiger partial charge in [-0.25, -0.2) is 9.18 Å². The van der Waals surface area contributed by atoms with Crippen molar-refractivity contribution in [1.82, 2.24) is 0 Å². The second-order valence-corrected chi connectivity index (χ2v) is 6.74. The Hall–Kier alpha value is -0.955. The van der Waals surface area contributed by atoms with Crippen LogP contribution in [0.5, 0.6) is 0 Å². The highest BCUT2D eigenvalue weighted by Crippen LogP contribution is 2.26. The zero-order chi connectivity index (χ0) is 17.3. The van der Waals surface area contributed by atoms with Crippen molar-refractivity contribution in [2.45, 2.75) is 38.9 Å². The highest BCUT2D eigenvalue weighted by atomic mass is 79.9. The summed E-state index contributed by atoms with van der Waals surface area (Å²) >= 11 is 3.13. The van der Waals surface area contributed by atoms with Crippen LogP contribution in [0.25, 0.3) is 0 Å². The summed E-state index contributed by atoms with van der Waals surface area (Å²) in [6.45, 7) is 6.19. The molecule has 0 saturated heterocycles. The Kier molecular flexibility index (Phi) is 5.78. The van der Waals surface area contributed by atoms with E-state index in [1.54, 1.807) is 13.8 Å². The van der Waals surface area contributed by atoms with Crippen molar-refractivity contribution >= 4 is 34.5 Å². The van der Waals surface area contributed by atoms with Crippen molar-refractivity contribution in [2.75, 3.05) is 7.11 Å². The molecule has 0 heterocycles. The Morgan fingerprint density at radius 3 is 2.32 bits per heavy atom. The van der Waals surface area contributed by atoms with E-state index in [1.165, 1.54) is 27.0 Å². The minimum Gasteiger partial charge on any atom is -0.465 e. The summed E-state index contributed by atoms with van der Waals surface area (Å²) in [4.78, 5) is 11.5. The van der Waals surface area contributed by atoms with Gasteiger partial charge >= 0.3 is 13.1 Å². The quantitative estimate of drug-likeness (QED) is 0.603. The number of aliphatic hydroxyl groups is 1. The summed E-state index contributed by atoms with van der Waals surface area (Å²) in [5, 5.41) is 20.1. The van der Waals surface area contributed by atoms with Crippen LogP contribution in [0.4, 0.5) is 4.39 Å². The fourth-order valence-corrected chi connectivity index (χ4v) is 2.03. The van der Waals surface area contributed by atoms with Gasteiger partial charge in [-0.2, -0.15) is 0 Å². The van der Waals surface area contributed by atoms with Gasteiger partial charge in [0.25, 0.3) is 0 Å². The maximum Gasteiger partial charge on any atom is 0.494 e. The van der Waals surface area contributed by atoms with Crippen LogP contribution in [0.1, 0.15) is 38.1 Å². The first-order valence-corrected chi connectivity index (χ1v) is 7.35. The third-order valence-electron chi connectivity index (χ3n) is 3.64. The van der Waals surface area contributed by atoms with E-state index in [9.17, 15) is 19.3 Å². The molecule has 1 aromatic rings. The lowest BCUT2D eigenvalue weighted by atomic mass is 9.76. The Bertz CT molecular complexity index is 571. The van der Waals surface area contributed by atoms with E-state index in [2.05, 4.69) is 20.7 Å². The molecule has 2 N–H and O–H groups in total. The maximum atomic E-state index is 14.1. The number of benzene rings is 1. The molecule has 0 fully saturated rings. The highest BCUT2D eigenvalue weighted by molar-refractivity contribution is 9.10. The van der Waals surface area contributed by atoms with Crippen molar-refractivity contribution in [3.63, 3.8) is 0 Å². The molecule has 0 amide bonds. The number of hydrogen-bond donors (Lipinski definition) is 2. The summed E-state index contributed by atoms with van der Waals surface area (Å²) in [7, 11) is -0.422. The Balaban J connectivity index is 3.13. The van der Waals surface area contributed by atoms with Gasteiger partial charge in [0.15, 0.2) is 0 Å². The van der Waals surface area contributed by atoms with Crippen molar-refractivity contribution in [3.8, 4) is 0 Å². The summed E-state index contributed by atoms with van der Waals surface area (Å²) in [5.41, 5.74) is -2.55. The molecule has 0 aliphatic carbocycles. The Labute approximate surface area is 137 Å². The van der Waals surface area contributed by atoms with Crippen LogP contribution >= 0.6 is 15.9 Å². The SMILES string of the molecule is COC(=O)c1cc(F)c(B(O)OC(C)(C)C(C)(C)O)cc1Br. The molecule has 0 aliphatic heterocycles. The lowest BCUT2D eigenvalue weighted by Gasteiger charge is -2.38. The fourth-order valence-electron chi connectivity index (χ4n) is 1.50. The van der Waals surface area contributed by atoms with E-state index < -0.39 is 30.1 Å². The molecule has 0 radical (unpaired) electrons. The molecule has 122 valence electrons. The Morgan fingerprint density at radius 2 is 1.86 bits per heavy atom. The van der Waals surface area contributed by atoms with Crippen molar-refractivity contribution in [1.29, 1.82) is 0 Å². The smallest absolute Gasteiger partial charge is 0.465 e. The van der Waals surface area contributed by atoms with Crippen LogP contribution in [0.3, 0.4) is 0 Å². The third-order valence-corrected chi connectivity index (χ3v) is 4.29. The maximum absolute atomic E-state index is 14.1. The van der Waals surface area contributed by atoms with Gasteiger partial charge in [-0.05, 0) is 55.8 Å². The van der Waals surface area contributed by atoms with Crippen molar-refractivity contribution in [3.05, 3.63) is 28.0 Å². The van der Waals surface area contributed by atoms with Crippen LogP contribution < -0.4 is 5.46 Å². The van der Waals surface area contributed by atoms with Gasteiger partial charge in [0, 0.05) is 9.94 Å². The van der Waals surface area contributed by atoms with E-state index in [1.807, 2.05) is 0 Å². The minimum atomic E-state index is -1.61. The van der Waals surface area contributed by atoms with Gasteiger partial charge in [0.1, 0.15) is 5.82 Å². The molecular weight excluding hydrogens is 358 g/mol. The third kappa shape index (κ3) is 4.07. The van der Waals surface area contributed by atoms with E-state index >= 15 is 0 Å². The van der Waals surface area contributed by atoms with Crippen molar-refractivity contribution in [2.24, 2.45) is 0 Å². The second kappa shape index (κ2) is 6.66. The molecule has 0 unspecified atom stereocenters. The molecule has 5 nitrogen and oxygen atoms in total. The van der Waals surface area contributed by atoms with Gasteiger partial charge < -0.3 is 19.5 Å². The highest BCUT2D eigenvalue weighted by Gasteiger charge is 2.40. The summed E-state index contributed by atoms with van der Waals surface area (Å²) in [6.07, 6.45) is 0. The van der Waals surface area contributed by atoms with E-state index in [-0.39, 0.29) is 15.5 Å². The first-order chi connectivity index (χ1) is 9.90. The topological polar surface area (TPSA) is 76.0 Å². The fraction of sp³-hybridized carbons (Fsp3) is 0.500. The molecule has 0 aliphatic rings. The molecule has 1 aromatic carbocycles. The summed E-state index contributed by atoms with van der Waals surface area (Å²) in [5.74, 6) is -1.52. The molecule has 0 bridgehead atoms. The molecule has 0 atom stereocenters. The van der Waals surface area contributed by atoms with Crippen LogP contribution in [0, 0.1) is 5.82 Å². The molecular formula is C14H19BBrFO5. The average Bonchev–Trinajstić information content (AvgIpc) is 2.38. The monoisotopic (exact) mass is 376 g/mol. The first-order valence-electron chi connectivity index (χ1n) is 6.56. The van der Waals surface area contributed by atoms with Crippen molar-refractivity contribution < 1.29 is 28.7 Å². The lowest BCUT2D eigenvalue weighted by Crippen LogP contribution is -2.53. The molecule has 0 aromatic heterocycles. The zero-order valence-electron chi connectivity index (χ0n) is 13.1. The van der Waals surface area contributed by atoms with E-state index in [4.69, 9.17) is 4.65 Å². The zero-order valence-corrected chi connectivity index (χ0v) is 14.7. The lowest BCUT2D eigenvalue weighted by molar-refractivity contribution is -0.0983. The molecule has 1 rings (SSSR count). The number of carbonyl (C=O) groups excluding carboxylic acids is 1. The number of hydrogen-bond acceptors (Lipinski definition) is 5. The normalized spacial score (nSPS) is 12.2. The average molecular weight is 377 g/mol. The van der Waals surface area contributed by atoms with Gasteiger partial charge in [-0.1, -0.05) is 0 Å². The number of esters is 1. The Morgan fingerprint density at radius 1 is 1.32 bits per heavy atom. The molecule has 22 heavy (non-hydrogen) atoms. The second-order valence-electron chi connectivity index (χ2n) is 5.88. The summed E-state index contributed by atoms with van der Waals surface area (Å²) < 4.78 is 24.3. The number of ether oxygens (including phenoxy) is 1.